The summed E-state index contributed by atoms with van der Waals surface area (Å²) in [6.45, 7) is 7.46. The molecule has 0 aromatic carbocycles. The van der Waals surface area contributed by atoms with E-state index < -0.39 is 0 Å². The van der Waals surface area contributed by atoms with Crippen molar-refractivity contribution in [3.8, 4) is 0 Å². The standard InChI is InChI=1S/C12H25NO2/c1-6-12(2,3)11(14)15-10-8-7-9-13(4)5/h6-10H2,1-5H3. The average Bonchev–Trinajstić information content (AvgIpc) is 2.16. The zero-order chi connectivity index (χ0) is 11.9. The van der Waals surface area contributed by atoms with E-state index in [1.54, 1.807) is 0 Å². The SMILES string of the molecule is CCC(C)(C)C(=O)OCCCCN(C)C. The Bertz CT molecular complexity index is 188. The molecule has 0 unspecified atom stereocenters. The van der Waals surface area contributed by atoms with Crippen LogP contribution < -0.4 is 0 Å². The van der Waals surface area contributed by atoms with Gasteiger partial charge >= 0.3 is 5.97 Å². The second-order valence-electron chi connectivity index (χ2n) is 4.88. The maximum Gasteiger partial charge on any atom is 0.311 e. The molecule has 0 atom stereocenters. The number of hydrogen-bond acceptors (Lipinski definition) is 3. The van der Waals surface area contributed by atoms with Gasteiger partial charge in [0, 0.05) is 0 Å². The molecule has 0 aliphatic heterocycles. The Morgan fingerprint density at radius 1 is 1.27 bits per heavy atom. The minimum absolute atomic E-state index is 0.0742. The monoisotopic (exact) mass is 215 g/mol. The van der Waals surface area contributed by atoms with Crippen molar-refractivity contribution in [3.05, 3.63) is 0 Å². The van der Waals surface area contributed by atoms with Crippen LogP contribution >= 0.6 is 0 Å². The molecule has 0 heterocycles. The Morgan fingerprint density at radius 2 is 1.87 bits per heavy atom. The predicted molar refractivity (Wildman–Crippen MR) is 62.8 cm³/mol. The molecule has 0 amide bonds. The fourth-order valence-corrected chi connectivity index (χ4v) is 1.03. The molecular formula is C12H25NO2. The van der Waals surface area contributed by atoms with E-state index in [1.165, 1.54) is 0 Å². The van der Waals surface area contributed by atoms with Gasteiger partial charge in [0.25, 0.3) is 0 Å². The molecule has 0 aliphatic carbocycles. The number of hydrogen-bond donors (Lipinski definition) is 0. The molecule has 3 nitrogen and oxygen atoms in total. The van der Waals surface area contributed by atoms with Gasteiger partial charge in [0.05, 0.1) is 12.0 Å². The third-order valence-corrected chi connectivity index (χ3v) is 2.67. The molecular weight excluding hydrogens is 190 g/mol. The lowest BCUT2D eigenvalue weighted by Gasteiger charge is -2.20. The van der Waals surface area contributed by atoms with Crippen LogP contribution in [0.15, 0.2) is 0 Å². The van der Waals surface area contributed by atoms with Crippen LogP contribution in [0.5, 0.6) is 0 Å². The first-order chi connectivity index (χ1) is 6.90. The van der Waals surface area contributed by atoms with Gasteiger partial charge in [0.15, 0.2) is 0 Å². The van der Waals surface area contributed by atoms with Crippen molar-refractivity contribution in [2.24, 2.45) is 5.41 Å². The van der Waals surface area contributed by atoms with Crippen LogP contribution in [0.1, 0.15) is 40.0 Å². The molecule has 0 aromatic heterocycles. The molecule has 0 aliphatic rings. The van der Waals surface area contributed by atoms with E-state index in [4.69, 9.17) is 4.74 Å². The number of unbranched alkanes of at least 4 members (excludes halogenated alkanes) is 1. The molecule has 0 fully saturated rings. The van der Waals surface area contributed by atoms with E-state index in [0.717, 1.165) is 25.8 Å². The molecule has 15 heavy (non-hydrogen) atoms. The van der Waals surface area contributed by atoms with Gasteiger partial charge in [-0.05, 0) is 53.8 Å². The summed E-state index contributed by atoms with van der Waals surface area (Å²) in [5, 5.41) is 0. The van der Waals surface area contributed by atoms with Crippen LogP contribution in [-0.2, 0) is 9.53 Å². The molecule has 0 N–H and O–H groups in total. The highest BCUT2D eigenvalue weighted by Gasteiger charge is 2.26. The summed E-state index contributed by atoms with van der Waals surface area (Å²) in [6, 6.07) is 0. The maximum absolute atomic E-state index is 11.6. The number of carbonyl (C=O) groups is 1. The third-order valence-electron chi connectivity index (χ3n) is 2.67. The summed E-state index contributed by atoms with van der Waals surface area (Å²) in [4.78, 5) is 13.7. The van der Waals surface area contributed by atoms with Gasteiger partial charge in [-0.3, -0.25) is 4.79 Å². The van der Waals surface area contributed by atoms with Crippen LogP contribution in [0.25, 0.3) is 0 Å². The zero-order valence-corrected chi connectivity index (χ0v) is 10.8. The number of ether oxygens (including phenoxy) is 1. The minimum atomic E-state index is -0.332. The molecule has 0 saturated carbocycles. The van der Waals surface area contributed by atoms with Crippen molar-refractivity contribution in [1.29, 1.82) is 0 Å². The van der Waals surface area contributed by atoms with Gasteiger partial charge < -0.3 is 9.64 Å². The smallest absolute Gasteiger partial charge is 0.311 e. The highest BCUT2D eigenvalue weighted by atomic mass is 16.5. The first kappa shape index (κ1) is 14.4. The average molecular weight is 215 g/mol. The van der Waals surface area contributed by atoms with Crippen LogP contribution in [-0.4, -0.2) is 38.1 Å². The lowest BCUT2D eigenvalue weighted by Crippen LogP contribution is -2.26. The lowest BCUT2D eigenvalue weighted by molar-refractivity contribution is -0.154. The molecule has 90 valence electrons. The fraction of sp³-hybridized carbons (Fsp3) is 0.917. The van der Waals surface area contributed by atoms with Gasteiger partial charge in [-0.1, -0.05) is 6.92 Å². The van der Waals surface area contributed by atoms with E-state index in [2.05, 4.69) is 4.90 Å². The maximum atomic E-state index is 11.6. The molecule has 0 spiro atoms. The Morgan fingerprint density at radius 3 is 2.33 bits per heavy atom. The summed E-state index contributed by atoms with van der Waals surface area (Å²) in [5.41, 5.74) is -0.332. The van der Waals surface area contributed by atoms with Crippen molar-refractivity contribution in [2.75, 3.05) is 27.2 Å². The first-order valence-corrected chi connectivity index (χ1v) is 5.72. The van der Waals surface area contributed by atoms with Gasteiger partial charge in [-0.25, -0.2) is 0 Å². The minimum Gasteiger partial charge on any atom is -0.465 e. The summed E-state index contributed by atoms with van der Waals surface area (Å²) in [6.07, 6.45) is 2.85. The molecule has 0 radical (unpaired) electrons. The number of carbonyl (C=O) groups excluding carboxylic acids is 1. The fourth-order valence-electron chi connectivity index (χ4n) is 1.03. The second-order valence-corrected chi connectivity index (χ2v) is 4.88. The van der Waals surface area contributed by atoms with Crippen LogP contribution in [0.4, 0.5) is 0 Å². The van der Waals surface area contributed by atoms with Gasteiger partial charge in [-0.2, -0.15) is 0 Å². The quantitative estimate of drug-likeness (QED) is 0.482. The van der Waals surface area contributed by atoms with E-state index in [-0.39, 0.29) is 11.4 Å². The van der Waals surface area contributed by atoms with Crippen LogP contribution in [0.2, 0.25) is 0 Å². The predicted octanol–water partition coefficient (Wildman–Crippen LogP) is 2.31. The lowest BCUT2D eigenvalue weighted by atomic mass is 9.91. The van der Waals surface area contributed by atoms with Crippen molar-refractivity contribution in [3.63, 3.8) is 0 Å². The van der Waals surface area contributed by atoms with E-state index in [9.17, 15) is 4.79 Å². The van der Waals surface area contributed by atoms with Gasteiger partial charge in [0.1, 0.15) is 0 Å². The van der Waals surface area contributed by atoms with Crippen LogP contribution in [0, 0.1) is 5.41 Å². The Kier molecular flexibility index (Phi) is 6.57. The van der Waals surface area contributed by atoms with E-state index in [1.807, 2.05) is 34.9 Å². The summed E-state index contributed by atoms with van der Waals surface area (Å²) >= 11 is 0. The molecule has 3 heteroatoms. The van der Waals surface area contributed by atoms with Crippen LogP contribution in [0.3, 0.4) is 0 Å². The molecule has 0 rings (SSSR count). The van der Waals surface area contributed by atoms with Crippen molar-refractivity contribution >= 4 is 5.97 Å². The normalized spacial score (nSPS) is 11.9. The first-order valence-electron chi connectivity index (χ1n) is 5.72. The summed E-state index contributed by atoms with van der Waals surface area (Å²) in [7, 11) is 4.10. The largest absolute Gasteiger partial charge is 0.465 e. The summed E-state index contributed by atoms with van der Waals surface area (Å²) in [5.74, 6) is -0.0742. The Hall–Kier alpha value is -0.570. The zero-order valence-electron chi connectivity index (χ0n) is 10.8. The second kappa shape index (κ2) is 6.83. The number of esters is 1. The Labute approximate surface area is 93.8 Å². The van der Waals surface area contributed by atoms with Crippen molar-refractivity contribution in [1.82, 2.24) is 4.90 Å². The van der Waals surface area contributed by atoms with Crippen molar-refractivity contribution < 1.29 is 9.53 Å². The Balaban J connectivity index is 3.56. The number of rotatable bonds is 7. The van der Waals surface area contributed by atoms with E-state index >= 15 is 0 Å². The third kappa shape index (κ3) is 6.50. The topological polar surface area (TPSA) is 29.5 Å². The van der Waals surface area contributed by atoms with Crippen molar-refractivity contribution in [2.45, 2.75) is 40.0 Å². The van der Waals surface area contributed by atoms with E-state index in [0.29, 0.717) is 6.61 Å². The highest BCUT2D eigenvalue weighted by Crippen LogP contribution is 2.21. The summed E-state index contributed by atoms with van der Waals surface area (Å²) < 4.78 is 5.22. The number of nitrogens with zero attached hydrogens (tertiary/aromatic N) is 1. The molecule has 0 bridgehead atoms. The molecule has 0 aromatic rings. The molecule has 0 saturated heterocycles. The highest BCUT2D eigenvalue weighted by molar-refractivity contribution is 5.75. The van der Waals surface area contributed by atoms with Gasteiger partial charge in [-0.15, -0.1) is 0 Å². The van der Waals surface area contributed by atoms with Gasteiger partial charge in [0.2, 0.25) is 0 Å².